The molecular formula is C16H20FN3O6S2. The van der Waals surface area contributed by atoms with Gasteiger partial charge in [0.2, 0.25) is 0 Å². The topological polar surface area (TPSA) is 125 Å². The molecule has 1 atom stereocenters. The Morgan fingerprint density at radius 1 is 1.46 bits per heavy atom. The molecule has 1 saturated heterocycles. The van der Waals surface area contributed by atoms with Gasteiger partial charge in [0.15, 0.2) is 5.82 Å². The van der Waals surface area contributed by atoms with Crippen LogP contribution in [0.2, 0.25) is 0 Å². The van der Waals surface area contributed by atoms with Crippen LogP contribution in [0, 0.1) is 5.82 Å². The maximum absolute atomic E-state index is 15.2. The largest absolute Gasteiger partial charge is 0.506 e. The van der Waals surface area contributed by atoms with Crippen LogP contribution >= 0.6 is 11.8 Å². The number of ether oxygens (including phenoxy) is 1. The van der Waals surface area contributed by atoms with E-state index in [4.69, 9.17) is 4.74 Å². The summed E-state index contributed by atoms with van der Waals surface area (Å²) in [4.78, 5) is 23.8. The number of nitrogens with zero attached hydrogens (tertiary/aromatic N) is 1. The Kier molecular flexibility index (Phi) is 5.13. The van der Waals surface area contributed by atoms with Crippen molar-refractivity contribution in [2.24, 2.45) is 0 Å². The second-order valence-corrected chi connectivity index (χ2v) is 10.1. The molecule has 9 nitrogen and oxygen atoms in total. The third kappa shape index (κ3) is 4.12. The summed E-state index contributed by atoms with van der Waals surface area (Å²) in [6, 6.07) is 0.814. The maximum atomic E-state index is 15.2. The third-order valence-corrected chi connectivity index (χ3v) is 6.58. The molecule has 28 heavy (non-hydrogen) atoms. The van der Waals surface area contributed by atoms with Crippen LogP contribution in [0.15, 0.2) is 11.0 Å². The molecule has 2 aliphatic rings. The lowest BCUT2D eigenvalue weighted by Crippen LogP contribution is -2.43. The van der Waals surface area contributed by atoms with Gasteiger partial charge in [0.05, 0.1) is 0 Å². The number of amides is 2. The molecule has 0 aromatic heterocycles. The Morgan fingerprint density at radius 3 is 2.71 bits per heavy atom. The summed E-state index contributed by atoms with van der Waals surface area (Å²) in [6.07, 6.45) is -0.562. The van der Waals surface area contributed by atoms with E-state index in [0.717, 1.165) is 0 Å². The highest BCUT2D eigenvalue weighted by Gasteiger charge is 2.39. The van der Waals surface area contributed by atoms with Crippen molar-refractivity contribution in [1.29, 1.82) is 0 Å². The Balaban J connectivity index is 1.88. The molecule has 3 rings (SSSR count). The van der Waals surface area contributed by atoms with Gasteiger partial charge in [0, 0.05) is 22.3 Å². The van der Waals surface area contributed by atoms with Gasteiger partial charge < -0.3 is 15.2 Å². The normalized spacial score (nSPS) is 21.1. The van der Waals surface area contributed by atoms with Crippen molar-refractivity contribution in [3.05, 3.63) is 17.4 Å². The summed E-state index contributed by atoms with van der Waals surface area (Å²) in [5.74, 6) is -1.93. The number of carbonyl (C=O) groups excluding carboxylic acids is 2. The van der Waals surface area contributed by atoms with Crippen LogP contribution in [0.25, 0.3) is 0 Å². The van der Waals surface area contributed by atoms with E-state index in [-0.39, 0.29) is 12.0 Å². The van der Waals surface area contributed by atoms with Gasteiger partial charge in [0.1, 0.15) is 23.6 Å². The van der Waals surface area contributed by atoms with Crippen molar-refractivity contribution in [1.82, 2.24) is 10.0 Å². The Morgan fingerprint density at radius 2 is 2.14 bits per heavy atom. The van der Waals surface area contributed by atoms with Crippen molar-refractivity contribution in [2.45, 2.75) is 43.7 Å². The maximum Gasteiger partial charge on any atom is 0.407 e. The van der Waals surface area contributed by atoms with Gasteiger partial charge in [-0.3, -0.25) is 4.79 Å². The second kappa shape index (κ2) is 6.99. The van der Waals surface area contributed by atoms with Crippen LogP contribution in [-0.4, -0.2) is 49.5 Å². The van der Waals surface area contributed by atoms with Crippen LogP contribution in [0.5, 0.6) is 5.75 Å². The first-order valence-corrected chi connectivity index (χ1v) is 10.8. The SMILES string of the molecule is CC(C)(C)OC(=O)N[C@@H]1CSc2cc(O)c(N3CC(=O)NS3(=O)=O)c(F)c2C1. The fraction of sp³-hybridized carbons (Fsp3) is 0.500. The highest BCUT2D eigenvalue weighted by Crippen LogP contribution is 2.42. The number of fused-ring (bicyclic) bond motifs is 1. The minimum Gasteiger partial charge on any atom is -0.506 e. The molecule has 2 heterocycles. The van der Waals surface area contributed by atoms with E-state index in [2.05, 4.69) is 5.32 Å². The lowest BCUT2D eigenvalue weighted by molar-refractivity contribution is -0.117. The highest BCUT2D eigenvalue weighted by atomic mass is 32.2. The number of aromatic hydroxyl groups is 1. The molecule has 0 aliphatic carbocycles. The Labute approximate surface area is 165 Å². The van der Waals surface area contributed by atoms with E-state index in [1.54, 1.807) is 25.5 Å². The van der Waals surface area contributed by atoms with Crippen LogP contribution < -0.4 is 14.3 Å². The summed E-state index contributed by atoms with van der Waals surface area (Å²) < 4.78 is 46.6. The Bertz CT molecular complexity index is 945. The van der Waals surface area contributed by atoms with E-state index < -0.39 is 57.7 Å². The average molecular weight is 433 g/mol. The van der Waals surface area contributed by atoms with Crippen molar-refractivity contribution in [3.63, 3.8) is 0 Å². The fourth-order valence-corrected chi connectivity index (χ4v) is 5.20. The number of halogens is 1. The summed E-state index contributed by atoms with van der Waals surface area (Å²) in [5.41, 5.74) is -1.12. The van der Waals surface area contributed by atoms with Crippen molar-refractivity contribution >= 4 is 39.7 Å². The zero-order chi connectivity index (χ0) is 20.9. The number of phenols is 1. The number of alkyl carbamates (subject to hydrolysis) is 1. The van der Waals surface area contributed by atoms with Gasteiger partial charge >= 0.3 is 16.3 Å². The lowest BCUT2D eigenvalue weighted by atomic mass is 10.0. The number of nitrogens with one attached hydrogen (secondary N) is 2. The Hall–Kier alpha value is -2.21. The monoisotopic (exact) mass is 433 g/mol. The fourth-order valence-electron chi connectivity index (χ4n) is 2.91. The van der Waals surface area contributed by atoms with Crippen molar-refractivity contribution in [2.75, 3.05) is 16.6 Å². The number of rotatable bonds is 2. The molecule has 1 fully saturated rings. The molecule has 1 aromatic carbocycles. The van der Waals surface area contributed by atoms with Gasteiger partial charge in [-0.15, -0.1) is 11.8 Å². The first-order chi connectivity index (χ1) is 12.9. The van der Waals surface area contributed by atoms with Crippen molar-refractivity contribution in [3.8, 4) is 5.75 Å². The van der Waals surface area contributed by atoms with Crippen LogP contribution in [0.1, 0.15) is 26.3 Å². The quantitative estimate of drug-likeness (QED) is 0.641. The minimum atomic E-state index is -4.28. The number of hydrogen-bond donors (Lipinski definition) is 3. The first kappa shape index (κ1) is 20.5. The number of anilines is 1. The summed E-state index contributed by atoms with van der Waals surface area (Å²) in [6.45, 7) is 4.53. The summed E-state index contributed by atoms with van der Waals surface area (Å²) in [7, 11) is -4.28. The molecule has 2 aliphatic heterocycles. The van der Waals surface area contributed by atoms with E-state index in [0.29, 0.717) is 15.0 Å². The lowest BCUT2D eigenvalue weighted by Gasteiger charge is -2.28. The van der Waals surface area contributed by atoms with Gasteiger partial charge in [-0.25, -0.2) is 18.2 Å². The van der Waals surface area contributed by atoms with Crippen LogP contribution in [0.4, 0.5) is 14.9 Å². The predicted octanol–water partition coefficient (Wildman–Crippen LogP) is 1.25. The predicted molar refractivity (Wildman–Crippen MR) is 100 cm³/mol. The zero-order valence-corrected chi connectivity index (χ0v) is 17.0. The number of benzene rings is 1. The molecule has 1 aromatic rings. The van der Waals surface area contributed by atoms with Crippen molar-refractivity contribution < 1.29 is 32.2 Å². The van der Waals surface area contributed by atoms with E-state index in [1.807, 2.05) is 0 Å². The molecule has 0 saturated carbocycles. The third-order valence-electron chi connectivity index (χ3n) is 3.96. The zero-order valence-electron chi connectivity index (χ0n) is 15.4. The molecule has 154 valence electrons. The molecular weight excluding hydrogens is 413 g/mol. The minimum absolute atomic E-state index is 0.0793. The summed E-state index contributed by atoms with van der Waals surface area (Å²) >= 11 is 1.22. The van der Waals surface area contributed by atoms with Crippen LogP contribution in [0.3, 0.4) is 0 Å². The van der Waals surface area contributed by atoms with Gasteiger partial charge in [0.25, 0.3) is 5.91 Å². The smallest absolute Gasteiger partial charge is 0.407 e. The highest BCUT2D eigenvalue weighted by molar-refractivity contribution is 7.99. The van der Waals surface area contributed by atoms with Crippen LogP contribution in [-0.2, 0) is 26.2 Å². The van der Waals surface area contributed by atoms with E-state index in [9.17, 15) is 23.1 Å². The first-order valence-electron chi connectivity index (χ1n) is 8.37. The molecule has 0 radical (unpaired) electrons. The number of hydrogen-bond acceptors (Lipinski definition) is 7. The van der Waals surface area contributed by atoms with Gasteiger partial charge in [-0.1, -0.05) is 0 Å². The number of carbonyl (C=O) groups is 2. The standard InChI is InChI=1S/C16H20FN3O6S2/c1-16(2,3)26-15(23)18-8-4-9-11(27-7-8)5-10(21)14(13(9)17)20-6-12(22)19-28(20,24)25/h5,8,21H,4,6-7H2,1-3H3,(H,18,23)(H,19,22)/t8-/m0/s1. The average Bonchev–Trinajstić information content (AvgIpc) is 2.78. The second-order valence-electron chi connectivity index (χ2n) is 7.43. The van der Waals surface area contributed by atoms with E-state index >= 15 is 4.39 Å². The molecule has 0 unspecified atom stereocenters. The van der Waals surface area contributed by atoms with E-state index in [1.165, 1.54) is 17.8 Å². The molecule has 3 N–H and O–H groups in total. The number of phenolic OH excluding ortho intramolecular Hbond substituents is 1. The molecule has 0 bridgehead atoms. The number of thioether (sulfide) groups is 1. The van der Waals surface area contributed by atoms with Gasteiger partial charge in [-0.05, 0) is 33.3 Å². The molecule has 12 heteroatoms. The van der Waals surface area contributed by atoms with Gasteiger partial charge in [-0.2, -0.15) is 8.42 Å². The molecule has 2 amide bonds. The molecule has 0 spiro atoms. The summed E-state index contributed by atoms with van der Waals surface area (Å²) in [5, 5.41) is 12.8.